The molecule has 0 atom stereocenters. The van der Waals surface area contributed by atoms with Crippen molar-refractivity contribution in [3.63, 3.8) is 0 Å². The van der Waals surface area contributed by atoms with E-state index >= 15 is 0 Å². The van der Waals surface area contributed by atoms with Crippen LogP contribution in [-0.2, 0) is 6.54 Å². The second-order valence-electron chi connectivity index (χ2n) is 6.00. The lowest BCUT2D eigenvalue weighted by atomic mass is 10.1. The van der Waals surface area contributed by atoms with Gasteiger partial charge in [0.2, 0.25) is 0 Å². The summed E-state index contributed by atoms with van der Waals surface area (Å²) < 4.78 is 10.6. The van der Waals surface area contributed by atoms with E-state index in [4.69, 9.17) is 9.26 Å². The van der Waals surface area contributed by atoms with Crippen LogP contribution in [0.2, 0.25) is 0 Å². The minimum absolute atomic E-state index is 0.00134. The van der Waals surface area contributed by atoms with Crippen LogP contribution in [0.5, 0.6) is 5.75 Å². The topological polar surface area (TPSA) is 55.6 Å². The predicted molar refractivity (Wildman–Crippen MR) is 100.0 cm³/mol. The molecule has 0 N–H and O–H groups in total. The third-order valence-corrected chi connectivity index (χ3v) is 4.09. The molecular formula is C21H22N2O3. The van der Waals surface area contributed by atoms with Crippen molar-refractivity contribution in [1.29, 1.82) is 0 Å². The van der Waals surface area contributed by atoms with Gasteiger partial charge >= 0.3 is 0 Å². The molecule has 0 aliphatic rings. The number of aromatic nitrogens is 1. The van der Waals surface area contributed by atoms with E-state index in [9.17, 15) is 4.79 Å². The zero-order chi connectivity index (χ0) is 18.4. The summed E-state index contributed by atoms with van der Waals surface area (Å²) in [5.74, 6) is 1.46. The molecule has 26 heavy (non-hydrogen) atoms. The smallest absolute Gasteiger partial charge is 0.254 e. The first-order valence-electron chi connectivity index (χ1n) is 8.65. The Bertz CT molecular complexity index is 841. The average Bonchev–Trinajstić information content (AvgIpc) is 3.16. The van der Waals surface area contributed by atoms with Gasteiger partial charge in [-0.05, 0) is 42.8 Å². The van der Waals surface area contributed by atoms with Crippen LogP contribution in [0, 0.1) is 0 Å². The van der Waals surface area contributed by atoms with Crippen molar-refractivity contribution in [3.8, 4) is 17.1 Å². The first-order chi connectivity index (χ1) is 12.7. The quantitative estimate of drug-likeness (QED) is 0.634. The summed E-state index contributed by atoms with van der Waals surface area (Å²) in [5.41, 5.74) is 2.33. The molecule has 0 aliphatic heterocycles. The van der Waals surface area contributed by atoms with Gasteiger partial charge in [0.25, 0.3) is 5.91 Å². The molecule has 5 heteroatoms. The normalized spacial score (nSPS) is 10.5. The van der Waals surface area contributed by atoms with Gasteiger partial charge in [0.05, 0.1) is 13.7 Å². The lowest BCUT2D eigenvalue weighted by Crippen LogP contribution is -2.31. The fraction of sp³-hybridized carbons (Fsp3) is 0.238. The van der Waals surface area contributed by atoms with Crippen LogP contribution in [-0.4, -0.2) is 29.6 Å². The lowest BCUT2D eigenvalue weighted by molar-refractivity contribution is 0.0739. The average molecular weight is 350 g/mol. The zero-order valence-electron chi connectivity index (χ0n) is 15.0. The van der Waals surface area contributed by atoms with Crippen molar-refractivity contribution in [3.05, 3.63) is 71.9 Å². The molecular weight excluding hydrogens is 328 g/mol. The Morgan fingerprint density at radius 3 is 2.50 bits per heavy atom. The Morgan fingerprint density at radius 1 is 1.12 bits per heavy atom. The van der Waals surface area contributed by atoms with Crippen LogP contribution >= 0.6 is 0 Å². The monoisotopic (exact) mass is 350 g/mol. The summed E-state index contributed by atoms with van der Waals surface area (Å²) in [5, 5.41) is 4.13. The number of hydrogen-bond acceptors (Lipinski definition) is 4. The maximum atomic E-state index is 12.7. The maximum absolute atomic E-state index is 12.7. The van der Waals surface area contributed by atoms with Crippen molar-refractivity contribution >= 4 is 5.91 Å². The second-order valence-corrected chi connectivity index (χ2v) is 6.00. The Kier molecular flexibility index (Phi) is 5.69. The minimum atomic E-state index is 0.00134. The van der Waals surface area contributed by atoms with Crippen LogP contribution < -0.4 is 4.74 Å². The predicted octanol–water partition coefficient (Wildman–Crippen LogP) is 4.40. The van der Waals surface area contributed by atoms with E-state index in [-0.39, 0.29) is 5.91 Å². The van der Waals surface area contributed by atoms with Crippen molar-refractivity contribution in [2.45, 2.75) is 19.9 Å². The second kappa shape index (κ2) is 8.34. The van der Waals surface area contributed by atoms with Crippen LogP contribution in [0.4, 0.5) is 0 Å². The fourth-order valence-electron chi connectivity index (χ4n) is 2.76. The number of benzene rings is 2. The molecule has 3 aromatic rings. The Labute approximate surface area is 153 Å². The van der Waals surface area contributed by atoms with Gasteiger partial charge in [-0.1, -0.05) is 30.3 Å². The number of ether oxygens (including phenoxy) is 1. The minimum Gasteiger partial charge on any atom is -0.497 e. The molecule has 0 saturated heterocycles. The lowest BCUT2D eigenvalue weighted by Gasteiger charge is -2.20. The van der Waals surface area contributed by atoms with E-state index in [1.807, 2.05) is 60.7 Å². The van der Waals surface area contributed by atoms with E-state index in [1.54, 1.807) is 12.0 Å². The van der Waals surface area contributed by atoms with Gasteiger partial charge in [-0.3, -0.25) is 4.79 Å². The summed E-state index contributed by atoms with van der Waals surface area (Å²) in [4.78, 5) is 14.5. The third-order valence-electron chi connectivity index (χ3n) is 4.09. The Hall–Kier alpha value is -3.08. The summed E-state index contributed by atoms with van der Waals surface area (Å²) in [7, 11) is 1.63. The standard InChI is InChI=1S/C21H22N2O3/c1-3-13-23(21(24)17-7-5-4-6-8-17)15-18-14-20(26-22-18)16-9-11-19(25-2)12-10-16/h4-12,14H,3,13,15H2,1-2H3. The van der Waals surface area contributed by atoms with E-state index in [0.29, 0.717) is 24.4 Å². The van der Waals surface area contributed by atoms with Crippen LogP contribution in [0.1, 0.15) is 29.4 Å². The van der Waals surface area contributed by atoms with Crippen molar-refractivity contribution in [1.82, 2.24) is 10.1 Å². The molecule has 5 nitrogen and oxygen atoms in total. The number of carbonyl (C=O) groups excluding carboxylic acids is 1. The zero-order valence-corrected chi connectivity index (χ0v) is 15.0. The number of methoxy groups -OCH3 is 1. The summed E-state index contributed by atoms with van der Waals surface area (Å²) >= 11 is 0. The molecule has 0 fully saturated rings. The molecule has 1 heterocycles. The van der Waals surface area contributed by atoms with E-state index in [0.717, 1.165) is 23.4 Å². The van der Waals surface area contributed by atoms with Crippen molar-refractivity contribution in [2.24, 2.45) is 0 Å². The van der Waals surface area contributed by atoms with Gasteiger partial charge in [0.15, 0.2) is 5.76 Å². The van der Waals surface area contributed by atoms with Gasteiger partial charge in [-0.25, -0.2) is 0 Å². The molecule has 3 rings (SSSR count). The first-order valence-corrected chi connectivity index (χ1v) is 8.65. The molecule has 1 amide bonds. The van der Waals surface area contributed by atoms with Crippen molar-refractivity contribution in [2.75, 3.05) is 13.7 Å². The number of hydrogen-bond donors (Lipinski definition) is 0. The van der Waals surface area contributed by atoms with Gasteiger partial charge in [0, 0.05) is 23.7 Å². The van der Waals surface area contributed by atoms with E-state index in [2.05, 4.69) is 12.1 Å². The maximum Gasteiger partial charge on any atom is 0.254 e. The van der Waals surface area contributed by atoms with E-state index in [1.165, 1.54) is 0 Å². The Morgan fingerprint density at radius 2 is 1.85 bits per heavy atom. The molecule has 0 spiro atoms. The highest BCUT2D eigenvalue weighted by atomic mass is 16.5. The highest BCUT2D eigenvalue weighted by Crippen LogP contribution is 2.23. The molecule has 0 unspecified atom stereocenters. The molecule has 2 aromatic carbocycles. The SMILES string of the molecule is CCCN(Cc1cc(-c2ccc(OC)cc2)on1)C(=O)c1ccccc1. The highest BCUT2D eigenvalue weighted by molar-refractivity contribution is 5.94. The summed E-state index contributed by atoms with van der Waals surface area (Å²) in [6, 6.07) is 18.8. The molecule has 0 aliphatic carbocycles. The van der Waals surface area contributed by atoms with E-state index < -0.39 is 0 Å². The third kappa shape index (κ3) is 4.11. The number of carbonyl (C=O) groups is 1. The van der Waals surface area contributed by atoms with Gasteiger partial charge in [-0.2, -0.15) is 0 Å². The molecule has 134 valence electrons. The number of amides is 1. The van der Waals surface area contributed by atoms with Crippen LogP contribution in [0.3, 0.4) is 0 Å². The number of rotatable bonds is 7. The summed E-state index contributed by atoms with van der Waals surface area (Å²) in [6.07, 6.45) is 0.877. The Balaban J connectivity index is 1.75. The van der Waals surface area contributed by atoms with Crippen LogP contribution in [0.25, 0.3) is 11.3 Å². The van der Waals surface area contributed by atoms with Gasteiger partial charge < -0.3 is 14.2 Å². The molecule has 1 aromatic heterocycles. The molecule has 0 bridgehead atoms. The fourth-order valence-corrected chi connectivity index (χ4v) is 2.76. The largest absolute Gasteiger partial charge is 0.497 e. The molecule has 0 radical (unpaired) electrons. The van der Waals surface area contributed by atoms with Crippen LogP contribution in [0.15, 0.2) is 65.2 Å². The first kappa shape index (κ1) is 17.7. The number of nitrogens with zero attached hydrogens (tertiary/aromatic N) is 2. The highest BCUT2D eigenvalue weighted by Gasteiger charge is 2.17. The van der Waals surface area contributed by atoms with Gasteiger partial charge in [0.1, 0.15) is 11.4 Å². The molecule has 0 saturated carbocycles. The summed E-state index contributed by atoms with van der Waals surface area (Å²) in [6.45, 7) is 3.14. The van der Waals surface area contributed by atoms with Crippen molar-refractivity contribution < 1.29 is 14.1 Å². The van der Waals surface area contributed by atoms with Gasteiger partial charge in [-0.15, -0.1) is 0 Å².